The van der Waals surface area contributed by atoms with Crippen molar-refractivity contribution in [1.82, 2.24) is 10.6 Å². The molecule has 0 heterocycles. The van der Waals surface area contributed by atoms with E-state index in [1.54, 1.807) is 24.3 Å². The van der Waals surface area contributed by atoms with Crippen molar-refractivity contribution in [3.63, 3.8) is 0 Å². The fourth-order valence-corrected chi connectivity index (χ4v) is 3.42. The van der Waals surface area contributed by atoms with Crippen LogP contribution in [0, 0.1) is 0 Å². The number of amides is 2. The standard InChI is InChI=1S/C22H16Cl4N2O2/c23-15-5-7-19(25)17(9-15)21(29)27-11-13-1-2-14(4-3-13)12-28-22(30)18-10-16(24)6-8-20(18)26/h1-10H,11-12H2,(H,27,29)(H,28,30). The zero-order chi connectivity index (χ0) is 21.7. The van der Waals surface area contributed by atoms with E-state index < -0.39 is 0 Å². The highest BCUT2D eigenvalue weighted by Gasteiger charge is 2.12. The van der Waals surface area contributed by atoms with Gasteiger partial charge in [0.05, 0.1) is 21.2 Å². The zero-order valence-electron chi connectivity index (χ0n) is 15.5. The van der Waals surface area contributed by atoms with Crippen molar-refractivity contribution in [2.45, 2.75) is 13.1 Å². The third kappa shape index (κ3) is 5.89. The van der Waals surface area contributed by atoms with Gasteiger partial charge in [-0.3, -0.25) is 9.59 Å². The molecule has 2 N–H and O–H groups in total. The monoisotopic (exact) mass is 480 g/mol. The van der Waals surface area contributed by atoms with Crippen LogP contribution in [0.4, 0.5) is 0 Å². The second-order valence-corrected chi connectivity index (χ2v) is 8.12. The van der Waals surface area contributed by atoms with Gasteiger partial charge in [0.25, 0.3) is 11.8 Å². The molecule has 0 saturated carbocycles. The van der Waals surface area contributed by atoms with E-state index in [2.05, 4.69) is 10.6 Å². The Labute approximate surface area is 194 Å². The summed E-state index contributed by atoms with van der Waals surface area (Å²) in [5.41, 5.74) is 2.44. The van der Waals surface area contributed by atoms with E-state index in [9.17, 15) is 9.59 Å². The summed E-state index contributed by atoms with van der Waals surface area (Å²) >= 11 is 23.9. The fourth-order valence-electron chi connectivity index (χ4n) is 2.67. The van der Waals surface area contributed by atoms with Crippen molar-refractivity contribution >= 4 is 58.2 Å². The summed E-state index contributed by atoms with van der Waals surface area (Å²) in [4.78, 5) is 24.6. The molecule has 0 bridgehead atoms. The normalized spacial score (nSPS) is 10.5. The maximum absolute atomic E-state index is 12.3. The third-order valence-corrected chi connectivity index (χ3v) is 5.40. The molecule has 0 aliphatic rings. The van der Waals surface area contributed by atoms with E-state index >= 15 is 0 Å². The summed E-state index contributed by atoms with van der Waals surface area (Å²) in [7, 11) is 0. The fraction of sp³-hybridized carbons (Fsp3) is 0.0909. The summed E-state index contributed by atoms with van der Waals surface area (Å²) in [6, 6.07) is 16.9. The molecule has 0 saturated heterocycles. The molecule has 0 atom stereocenters. The second-order valence-electron chi connectivity index (χ2n) is 6.43. The van der Waals surface area contributed by atoms with Crippen molar-refractivity contribution in [2.24, 2.45) is 0 Å². The van der Waals surface area contributed by atoms with E-state index in [0.717, 1.165) is 11.1 Å². The first-order chi connectivity index (χ1) is 14.3. The first-order valence-electron chi connectivity index (χ1n) is 8.88. The molecule has 3 aromatic carbocycles. The molecule has 4 nitrogen and oxygen atoms in total. The number of hydrogen-bond donors (Lipinski definition) is 2. The molecule has 0 fully saturated rings. The predicted molar refractivity (Wildman–Crippen MR) is 122 cm³/mol. The average Bonchev–Trinajstić information content (AvgIpc) is 2.74. The van der Waals surface area contributed by atoms with Crippen LogP contribution in [0.5, 0.6) is 0 Å². The van der Waals surface area contributed by atoms with Gasteiger partial charge >= 0.3 is 0 Å². The zero-order valence-corrected chi connectivity index (χ0v) is 18.5. The summed E-state index contributed by atoms with van der Waals surface area (Å²) in [5.74, 6) is -0.616. The van der Waals surface area contributed by atoms with Gasteiger partial charge in [0.15, 0.2) is 0 Å². The largest absolute Gasteiger partial charge is 0.348 e. The van der Waals surface area contributed by atoms with Crippen LogP contribution < -0.4 is 10.6 Å². The number of halogens is 4. The van der Waals surface area contributed by atoms with Gasteiger partial charge in [0, 0.05) is 23.1 Å². The molecule has 0 aliphatic carbocycles. The smallest absolute Gasteiger partial charge is 0.253 e. The third-order valence-electron chi connectivity index (χ3n) is 4.28. The molecular weight excluding hydrogens is 466 g/mol. The van der Waals surface area contributed by atoms with E-state index in [1.807, 2.05) is 24.3 Å². The lowest BCUT2D eigenvalue weighted by Crippen LogP contribution is -2.24. The van der Waals surface area contributed by atoms with Crippen LogP contribution in [-0.2, 0) is 13.1 Å². The molecule has 0 unspecified atom stereocenters. The maximum atomic E-state index is 12.3. The van der Waals surface area contributed by atoms with Gasteiger partial charge < -0.3 is 10.6 Å². The van der Waals surface area contributed by atoms with Crippen LogP contribution in [0.1, 0.15) is 31.8 Å². The molecule has 0 aliphatic heterocycles. The Kier molecular flexibility index (Phi) is 7.62. The van der Waals surface area contributed by atoms with Gasteiger partial charge in [0.1, 0.15) is 0 Å². The summed E-state index contributed by atoms with van der Waals surface area (Å²) < 4.78 is 0. The van der Waals surface area contributed by atoms with Crippen LogP contribution in [0.2, 0.25) is 20.1 Å². The Morgan fingerprint density at radius 2 is 0.967 bits per heavy atom. The maximum Gasteiger partial charge on any atom is 0.253 e. The van der Waals surface area contributed by atoms with Crippen LogP contribution in [-0.4, -0.2) is 11.8 Å². The van der Waals surface area contributed by atoms with Crippen LogP contribution in [0.3, 0.4) is 0 Å². The van der Waals surface area contributed by atoms with E-state index in [0.29, 0.717) is 44.3 Å². The van der Waals surface area contributed by atoms with E-state index in [-0.39, 0.29) is 11.8 Å². The number of carbonyl (C=O) groups excluding carboxylic acids is 2. The van der Waals surface area contributed by atoms with Gasteiger partial charge in [-0.25, -0.2) is 0 Å². The Balaban J connectivity index is 1.55. The molecule has 154 valence electrons. The van der Waals surface area contributed by atoms with Crippen molar-refractivity contribution in [3.05, 3.63) is 103 Å². The number of nitrogens with one attached hydrogen (secondary N) is 2. The van der Waals surface area contributed by atoms with Crippen LogP contribution in [0.15, 0.2) is 60.7 Å². The number of hydrogen-bond acceptors (Lipinski definition) is 2. The second kappa shape index (κ2) is 10.2. The van der Waals surface area contributed by atoms with Crippen LogP contribution in [0.25, 0.3) is 0 Å². The Morgan fingerprint density at radius 3 is 1.33 bits per heavy atom. The SMILES string of the molecule is O=C(NCc1ccc(CNC(=O)c2cc(Cl)ccc2Cl)cc1)c1cc(Cl)ccc1Cl. The highest BCUT2D eigenvalue weighted by Crippen LogP contribution is 2.21. The lowest BCUT2D eigenvalue weighted by atomic mass is 10.1. The summed E-state index contributed by atoms with van der Waals surface area (Å²) in [5, 5.41) is 7.17. The topological polar surface area (TPSA) is 58.2 Å². The van der Waals surface area contributed by atoms with Crippen molar-refractivity contribution in [1.29, 1.82) is 0 Å². The molecule has 30 heavy (non-hydrogen) atoms. The lowest BCUT2D eigenvalue weighted by Gasteiger charge is -2.09. The molecule has 0 radical (unpaired) electrons. The Bertz CT molecular complexity index is 998. The molecule has 3 rings (SSSR count). The minimum atomic E-state index is -0.308. The van der Waals surface area contributed by atoms with Gasteiger partial charge in [0.2, 0.25) is 0 Å². The summed E-state index contributed by atoms with van der Waals surface area (Å²) in [6.45, 7) is 0.652. The molecule has 0 aromatic heterocycles. The van der Waals surface area contributed by atoms with Crippen molar-refractivity contribution in [2.75, 3.05) is 0 Å². The first-order valence-corrected chi connectivity index (χ1v) is 10.4. The van der Waals surface area contributed by atoms with Gasteiger partial charge in [-0.1, -0.05) is 70.7 Å². The molecule has 8 heteroatoms. The number of rotatable bonds is 6. The molecule has 3 aromatic rings. The van der Waals surface area contributed by atoms with Crippen LogP contribution >= 0.6 is 46.4 Å². The first kappa shape index (κ1) is 22.4. The van der Waals surface area contributed by atoms with E-state index in [1.165, 1.54) is 12.1 Å². The average molecular weight is 482 g/mol. The highest BCUT2D eigenvalue weighted by atomic mass is 35.5. The van der Waals surface area contributed by atoms with Gasteiger partial charge in [-0.2, -0.15) is 0 Å². The van der Waals surface area contributed by atoms with Crippen molar-refractivity contribution < 1.29 is 9.59 Å². The molecular formula is C22H16Cl4N2O2. The molecule has 0 spiro atoms. The minimum Gasteiger partial charge on any atom is -0.348 e. The Morgan fingerprint density at radius 1 is 0.600 bits per heavy atom. The summed E-state index contributed by atoms with van der Waals surface area (Å²) in [6.07, 6.45) is 0. The quantitative estimate of drug-likeness (QED) is 0.442. The van der Waals surface area contributed by atoms with Crippen molar-refractivity contribution in [3.8, 4) is 0 Å². The highest BCUT2D eigenvalue weighted by molar-refractivity contribution is 6.36. The van der Waals surface area contributed by atoms with E-state index in [4.69, 9.17) is 46.4 Å². The lowest BCUT2D eigenvalue weighted by molar-refractivity contribution is 0.0942. The number of benzene rings is 3. The van der Waals surface area contributed by atoms with Gasteiger partial charge in [-0.15, -0.1) is 0 Å². The number of carbonyl (C=O) groups is 2. The minimum absolute atomic E-state index is 0.308. The predicted octanol–water partition coefficient (Wildman–Crippen LogP) is 6.16. The van der Waals surface area contributed by atoms with Gasteiger partial charge in [-0.05, 0) is 47.5 Å². The molecule has 2 amide bonds. The Hall–Kier alpha value is -2.24.